The minimum atomic E-state index is -0.774. The lowest BCUT2D eigenvalue weighted by Gasteiger charge is -2.33. The van der Waals surface area contributed by atoms with Crippen LogP contribution in [0.5, 0.6) is 0 Å². The van der Waals surface area contributed by atoms with Crippen molar-refractivity contribution in [2.45, 2.75) is 76.9 Å². The first kappa shape index (κ1) is 15.7. The van der Waals surface area contributed by atoms with E-state index in [1.165, 1.54) is 12.8 Å². The van der Waals surface area contributed by atoms with Crippen molar-refractivity contribution in [2.75, 3.05) is 13.2 Å². The van der Waals surface area contributed by atoms with Crippen LogP contribution in [0.1, 0.15) is 52.9 Å². The second kappa shape index (κ2) is 6.41. The van der Waals surface area contributed by atoms with Crippen molar-refractivity contribution in [3.05, 3.63) is 0 Å². The normalized spacial score (nSPS) is 35.0. The van der Waals surface area contributed by atoms with Gasteiger partial charge < -0.3 is 14.6 Å². The minimum Gasteiger partial charge on any atom is -0.481 e. The molecule has 0 saturated carbocycles. The zero-order valence-electron chi connectivity index (χ0n) is 12.8. The Kier molecular flexibility index (Phi) is 5.04. The van der Waals surface area contributed by atoms with Crippen LogP contribution in [0, 0.1) is 0 Å². The summed E-state index contributed by atoms with van der Waals surface area (Å²) < 4.78 is 11.8. The highest BCUT2D eigenvalue weighted by atomic mass is 16.7. The summed E-state index contributed by atoms with van der Waals surface area (Å²) in [5.74, 6) is -1.32. The smallest absolute Gasteiger partial charge is 0.303 e. The van der Waals surface area contributed by atoms with E-state index in [1.807, 2.05) is 6.92 Å². The quantitative estimate of drug-likeness (QED) is 0.811. The molecule has 0 radical (unpaired) electrons. The van der Waals surface area contributed by atoms with Crippen molar-refractivity contribution < 1.29 is 19.4 Å². The third-order valence-electron chi connectivity index (χ3n) is 4.36. The Bertz CT molecular complexity index is 347. The van der Waals surface area contributed by atoms with Gasteiger partial charge in [0, 0.05) is 24.9 Å². The Balaban J connectivity index is 1.84. The van der Waals surface area contributed by atoms with E-state index in [2.05, 4.69) is 18.7 Å². The molecule has 2 aliphatic rings. The van der Waals surface area contributed by atoms with Crippen LogP contribution in [0.4, 0.5) is 0 Å². The predicted octanol–water partition coefficient (Wildman–Crippen LogP) is 2.25. The van der Waals surface area contributed by atoms with E-state index in [0.29, 0.717) is 25.1 Å². The fourth-order valence-corrected chi connectivity index (χ4v) is 3.41. The lowest BCUT2D eigenvalue weighted by Crippen LogP contribution is -2.41. The molecule has 2 rings (SSSR count). The number of nitrogens with zero attached hydrogens (tertiary/aromatic N) is 1. The number of carboxylic acid groups (broad SMARTS) is 1. The van der Waals surface area contributed by atoms with Gasteiger partial charge in [-0.3, -0.25) is 9.69 Å². The van der Waals surface area contributed by atoms with Gasteiger partial charge in [-0.05, 0) is 46.6 Å². The van der Waals surface area contributed by atoms with Crippen LogP contribution in [0.25, 0.3) is 0 Å². The van der Waals surface area contributed by atoms with Crippen molar-refractivity contribution in [1.29, 1.82) is 0 Å². The Morgan fingerprint density at radius 3 is 2.90 bits per heavy atom. The van der Waals surface area contributed by atoms with Gasteiger partial charge in [-0.25, -0.2) is 0 Å². The van der Waals surface area contributed by atoms with Crippen LogP contribution in [-0.4, -0.2) is 53.1 Å². The maximum absolute atomic E-state index is 10.6. The third-order valence-corrected chi connectivity index (χ3v) is 4.36. The van der Waals surface area contributed by atoms with Gasteiger partial charge in [-0.15, -0.1) is 0 Å². The molecule has 0 aliphatic carbocycles. The van der Waals surface area contributed by atoms with Gasteiger partial charge in [0.2, 0.25) is 0 Å². The third kappa shape index (κ3) is 3.93. The van der Waals surface area contributed by atoms with Gasteiger partial charge in [0.15, 0.2) is 5.79 Å². The number of likely N-dealkylation sites (tertiary alicyclic amines) is 1. The van der Waals surface area contributed by atoms with E-state index in [-0.39, 0.29) is 12.5 Å². The van der Waals surface area contributed by atoms with Gasteiger partial charge in [0.1, 0.15) is 0 Å². The van der Waals surface area contributed by atoms with Crippen LogP contribution in [0.2, 0.25) is 0 Å². The largest absolute Gasteiger partial charge is 0.481 e. The number of carboxylic acids is 1. The summed E-state index contributed by atoms with van der Waals surface area (Å²) in [5.41, 5.74) is 0. The lowest BCUT2D eigenvalue weighted by molar-refractivity contribution is -0.168. The molecule has 2 heterocycles. The zero-order valence-corrected chi connectivity index (χ0v) is 12.8. The molecule has 0 bridgehead atoms. The lowest BCUT2D eigenvalue weighted by atomic mass is 10.0. The second-order valence-electron chi connectivity index (χ2n) is 6.45. The fraction of sp³-hybridized carbons (Fsp3) is 0.933. The Hall–Kier alpha value is -0.650. The van der Waals surface area contributed by atoms with Gasteiger partial charge in [-0.1, -0.05) is 0 Å². The number of carbonyl (C=O) groups is 1. The van der Waals surface area contributed by atoms with E-state index in [4.69, 9.17) is 14.6 Å². The predicted molar refractivity (Wildman–Crippen MR) is 75.6 cm³/mol. The first-order chi connectivity index (χ1) is 9.39. The molecule has 0 aromatic heterocycles. The van der Waals surface area contributed by atoms with Gasteiger partial charge in [0.25, 0.3) is 0 Å². The SMILES string of the molecule is CC(C)N1CCCC1CC1(C)OCC(CCC(=O)O)O1. The van der Waals surface area contributed by atoms with Gasteiger partial charge in [-0.2, -0.15) is 0 Å². The molecule has 3 unspecified atom stereocenters. The molecule has 20 heavy (non-hydrogen) atoms. The Morgan fingerprint density at radius 1 is 1.50 bits per heavy atom. The first-order valence-corrected chi connectivity index (χ1v) is 7.69. The molecule has 2 aliphatic heterocycles. The van der Waals surface area contributed by atoms with Gasteiger partial charge >= 0.3 is 5.97 Å². The molecule has 0 amide bonds. The number of hydrogen-bond acceptors (Lipinski definition) is 4. The molecule has 0 spiro atoms. The van der Waals surface area contributed by atoms with Crippen molar-refractivity contribution in [2.24, 2.45) is 0 Å². The number of ether oxygens (including phenoxy) is 2. The molecule has 5 heteroatoms. The van der Waals surface area contributed by atoms with Crippen molar-refractivity contribution in [1.82, 2.24) is 4.90 Å². The highest BCUT2D eigenvalue weighted by Crippen LogP contribution is 2.34. The highest BCUT2D eigenvalue weighted by molar-refractivity contribution is 5.66. The molecule has 116 valence electrons. The molecular formula is C15H27NO4. The van der Waals surface area contributed by atoms with E-state index >= 15 is 0 Å². The summed E-state index contributed by atoms with van der Waals surface area (Å²) in [6.07, 6.45) is 3.90. The van der Waals surface area contributed by atoms with Crippen LogP contribution in [0.15, 0.2) is 0 Å². The number of aliphatic carboxylic acids is 1. The molecule has 0 aromatic rings. The molecule has 1 N–H and O–H groups in total. The minimum absolute atomic E-state index is 0.0787. The van der Waals surface area contributed by atoms with Crippen molar-refractivity contribution in [3.63, 3.8) is 0 Å². The summed E-state index contributed by atoms with van der Waals surface area (Å²) in [4.78, 5) is 13.1. The molecule has 2 fully saturated rings. The fourth-order valence-electron chi connectivity index (χ4n) is 3.41. The summed E-state index contributed by atoms with van der Waals surface area (Å²) in [7, 11) is 0. The first-order valence-electron chi connectivity index (χ1n) is 7.69. The monoisotopic (exact) mass is 285 g/mol. The molecular weight excluding hydrogens is 258 g/mol. The Morgan fingerprint density at radius 2 is 2.25 bits per heavy atom. The average molecular weight is 285 g/mol. The van der Waals surface area contributed by atoms with Gasteiger partial charge in [0.05, 0.1) is 12.7 Å². The maximum Gasteiger partial charge on any atom is 0.303 e. The molecule has 5 nitrogen and oxygen atoms in total. The van der Waals surface area contributed by atoms with E-state index in [0.717, 1.165) is 13.0 Å². The van der Waals surface area contributed by atoms with Crippen LogP contribution < -0.4 is 0 Å². The van der Waals surface area contributed by atoms with Crippen molar-refractivity contribution in [3.8, 4) is 0 Å². The number of hydrogen-bond donors (Lipinski definition) is 1. The van der Waals surface area contributed by atoms with E-state index in [9.17, 15) is 4.79 Å². The molecule has 0 aromatic carbocycles. The second-order valence-corrected chi connectivity index (χ2v) is 6.45. The van der Waals surface area contributed by atoms with Crippen LogP contribution >= 0.6 is 0 Å². The highest BCUT2D eigenvalue weighted by Gasteiger charge is 2.41. The van der Waals surface area contributed by atoms with E-state index < -0.39 is 11.8 Å². The standard InChI is InChI=1S/C15H27NO4/c1-11(2)16-8-4-5-12(16)9-15(3)19-10-13(20-15)6-7-14(17)18/h11-13H,4-10H2,1-3H3,(H,17,18). The van der Waals surface area contributed by atoms with Crippen LogP contribution in [0.3, 0.4) is 0 Å². The summed E-state index contributed by atoms with van der Waals surface area (Å²) in [6, 6.07) is 1.06. The maximum atomic E-state index is 10.6. The summed E-state index contributed by atoms with van der Waals surface area (Å²) in [6.45, 7) is 8.11. The zero-order chi connectivity index (χ0) is 14.8. The molecule has 3 atom stereocenters. The topological polar surface area (TPSA) is 59.0 Å². The molecule has 2 saturated heterocycles. The van der Waals surface area contributed by atoms with E-state index in [1.54, 1.807) is 0 Å². The summed E-state index contributed by atoms with van der Waals surface area (Å²) in [5, 5.41) is 8.73. The number of rotatable bonds is 6. The van der Waals surface area contributed by atoms with Crippen LogP contribution in [-0.2, 0) is 14.3 Å². The average Bonchev–Trinajstić information content (AvgIpc) is 2.94. The Labute approximate surface area is 121 Å². The summed E-state index contributed by atoms with van der Waals surface area (Å²) >= 11 is 0. The van der Waals surface area contributed by atoms with Crippen molar-refractivity contribution >= 4 is 5.97 Å².